The lowest BCUT2D eigenvalue weighted by Gasteiger charge is -2.43. The molecule has 0 spiro atoms. The minimum atomic E-state index is -0.340. The monoisotopic (exact) mass is 535 g/mol. The molecule has 1 aliphatic rings. The van der Waals surface area contributed by atoms with Crippen LogP contribution in [0.2, 0.25) is 0 Å². The molecule has 1 saturated heterocycles. The second-order valence-corrected chi connectivity index (χ2v) is 10.9. The number of hydrogen-bond acceptors (Lipinski definition) is 8. The number of carbonyl (C=O) groups excluding carboxylic acids is 1. The second-order valence-electron chi connectivity index (χ2n) is 10.9. The van der Waals surface area contributed by atoms with Gasteiger partial charge in [0.1, 0.15) is 11.6 Å². The van der Waals surface area contributed by atoms with Crippen LogP contribution in [-0.2, 0) is 11.3 Å². The summed E-state index contributed by atoms with van der Waals surface area (Å²) in [5.41, 5.74) is 3.60. The maximum absolute atomic E-state index is 12.5. The van der Waals surface area contributed by atoms with Gasteiger partial charge in [0.05, 0.1) is 43.2 Å². The normalized spacial score (nSPS) is 15.1. The number of carbonyl (C=O) groups is 1. The van der Waals surface area contributed by atoms with Gasteiger partial charge in [-0.05, 0) is 64.7 Å². The van der Waals surface area contributed by atoms with Gasteiger partial charge in [-0.25, -0.2) is 14.3 Å². The van der Waals surface area contributed by atoms with Crippen molar-refractivity contribution in [2.75, 3.05) is 51.8 Å². The third-order valence-electron chi connectivity index (χ3n) is 6.89. The summed E-state index contributed by atoms with van der Waals surface area (Å²) >= 11 is 0. The fraction of sp³-hybridized carbons (Fsp3) is 0.517. The van der Waals surface area contributed by atoms with E-state index in [2.05, 4.69) is 44.1 Å². The summed E-state index contributed by atoms with van der Waals surface area (Å²) in [5.74, 6) is 1.96. The third-order valence-corrected chi connectivity index (χ3v) is 6.89. The van der Waals surface area contributed by atoms with E-state index in [0.29, 0.717) is 25.7 Å². The van der Waals surface area contributed by atoms with Gasteiger partial charge in [-0.15, -0.1) is 0 Å². The van der Waals surface area contributed by atoms with E-state index in [0.717, 1.165) is 66.3 Å². The molecule has 0 aromatic carbocycles. The Morgan fingerprint density at radius 2 is 2.03 bits per heavy atom. The first-order chi connectivity index (χ1) is 18.7. The molecule has 1 N–H and O–H groups in total. The Balaban J connectivity index is 1.52. The number of aliphatic imine (C=N–C) groups is 1. The average molecular weight is 536 g/mol. The standard InChI is InChI=1S/C29H41N7O3/c1-7-38-24-14-25(27-23(15-30-4)17-32-36(27)18-24)22-8-9-26(31-16-22)35-12-10-29(11-13-35,20-34(5)6)33-28(37)39-19-21(2)3/h8-9,14,16-18,21H,4,7,10-13,15,19-20H2,1-3,5-6H3,(H,33,37). The van der Waals surface area contributed by atoms with Crippen molar-refractivity contribution in [2.24, 2.45) is 10.9 Å². The lowest BCUT2D eigenvalue weighted by atomic mass is 9.87. The zero-order valence-corrected chi connectivity index (χ0v) is 23.8. The highest BCUT2D eigenvalue weighted by molar-refractivity contribution is 5.83. The Kier molecular flexibility index (Phi) is 9.06. The van der Waals surface area contributed by atoms with E-state index < -0.39 is 0 Å². The minimum Gasteiger partial charge on any atom is -0.492 e. The molecular weight excluding hydrogens is 494 g/mol. The summed E-state index contributed by atoms with van der Waals surface area (Å²) in [5, 5.41) is 7.69. The number of fused-ring (bicyclic) bond motifs is 1. The summed E-state index contributed by atoms with van der Waals surface area (Å²) in [6.45, 7) is 13.5. The Bertz CT molecular complexity index is 1260. The molecular formula is C29H41N7O3. The summed E-state index contributed by atoms with van der Waals surface area (Å²) in [4.78, 5) is 25.8. The first kappa shape index (κ1) is 28.4. The Labute approximate surface area is 231 Å². The quantitative estimate of drug-likeness (QED) is 0.366. The number of rotatable bonds is 11. The predicted molar refractivity (Wildman–Crippen MR) is 155 cm³/mol. The number of alkyl carbamates (subject to hydrolysis) is 1. The van der Waals surface area contributed by atoms with Gasteiger partial charge in [-0.3, -0.25) is 4.99 Å². The number of pyridine rings is 2. The van der Waals surface area contributed by atoms with Crippen LogP contribution >= 0.6 is 0 Å². The van der Waals surface area contributed by atoms with Crippen LogP contribution in [0.3, 0.4) is 0 Å². The van der Waals surface area contributed by atoms with Crippen LogP contribution in [-0.4, -0.2) is 84.8 Å². The third kappa shape index (κ3) is 6.86. The van der Waals surface area contributed by atoms with E-state index >= 15 is 0 Å². The highest BCUT2D eigenvalue weighted by Gasteiger charge is 2.37. The molecule has 210 valence electrons. The first-order valence-corrected chi connectivity index (χ1v) is 13.6. The fourth-order valence-electron chi connectivity index (χ4n) is 5.18. The molecule has 1 fully saturated rings. The topological polar surface area (TPSA) is 96.6 Å². The lowest BCUT2D eigenvalue weighted by molar-refractivity contribution is 0.108. The number of hydrogen-bond donors (Lipinski definition) is 1. The molecule has 0 atom stereocenters. The number of nitrogens with zero attached hydrogens (tertiary/aromatic N) is 6. The summed E-state index contributed by atoms with van der Waals surface area (Å²) in [6, 6.07) is 6.18. The van der Waals surface area contributed by atoms with E-state index in [1.807, 2.05) is 64.0 Å². The molecule has 4 rings (SSSR count). The smallest absolute Gasteiger partial charge is 0.407 e. The number of anilines is 1. The van der Waals surface area contributed by atoms with Crippen LogP contribution in [0.4, 0.5) is 10.6 Å². The van der Waals surface area contributed by atoms with Crippen LogP contribution in [0.25, 0.3) is 16.6 Å². The van der Waals surface area contributed by atoms with Gasteiger partial charge in [0.25, 0.3) is 0 Å². The van der Waals surface area contributed by atoms with Crippen molar-refractivity contribution in [2.45, 2.75) is 45.7 Å². The molecule has 39 heavy (non-hydrogen) atoms. The van der Waals surface area contributed by atoms with Crippen molar-refractivity contribution in [3.8, 4) is 16.9 Å². The van der Waals surface area contributed by atoms with Gasteiger partial charge < -0.3 is 24.6 Å². The highest BCUT2D eigenvalue weighted by atomic mass is 16.5. The fourth-order valence-corrected chi connectivity index (χ4v) is 5.18. The molecule has 3 aromatic heterocycles. The van der Waals surface area contributed by atoms with Crippen LogP contribution in [0, 0.1) is 5.92 Å². The Morgan fingerprint density at radius 3 is 2.64 bits per heavy atom. The van der Waals surface area contributed by atoms with E-state index in [1.165, 1.54) is 0 Å². The lowest BCUT2D eigenvalue weighted by Crippen LogP contribution is -2.60. The molecule has 10 heteroatoms. The number of piperidine rings is 1. The van der Waals surface area contributed by atoms with Gasteiger partial charge in [0.2, 0.25) is 0 Å². The van der Waals surface area contributed by atoms with Crippen LogP contribution < -0.4 is 15.0 Å². The largest absolute Gasteiger partial charge is 0.492 e. The van der Waals surface area contributed by atoms with E-state index in [4.69, 9.17) is 14.5 Å². The summed E-state index contributed by atoms with van der Waals surface area (Å²) in [6.07, 6.45) is 6.88. The van der Waals surface area contributed by atoms with Crippen LogP contribution in [0.1, 0.15) is 39.2 Å². The van der Waals surface area contributed by atoms with E-state index in [9.17, 15) is 4.79 Å². The zero-order valence-electron chi connectivity index (χ0n) is 23.8. The van der Waals surface area contributed by atoms with Crippen molar-refractivity contribution < 1.29 is 14.3 Å². The Hall–Kier alpha value is -3.66. The van der Waals surface area contributed by atoms with Crippen molar-refractivity contribution in [1.29, 1.82) is 0 Å². The SMILES string of the molecule is C=NCc1cnn2cc(OCC)cc(-c3ccc(N4CCC(CN(C)C)(NC(=O)OCC(C)C)CC4)nc3)c12. The number of aromatic nitrogens is 3. The maximum Gasteiger partial charge on any atom is 0.407 e. The average Bonchev–Trinajstić information content (AvgIpc) is 3.30. The molecule has 1 amide bonds. The molecule has 4 heterocycles. The van der Waals surface area contributed by atoms with Gasteiger partial charge in [-0.1, -0.05) is 13.8 Å². The van der Waals surface area contributed by atoms with E-state index in [1.54, 1.807) is 0 Å². The number of likely N-dealkylation sites (N-methyl/N-ethyl adjacent to an activating group) is 1. The highest BCUT2D eigenvalue weighted by Crippen LogP contribution is 2.33. The van der Waals surface area contributed by atoms with Crippen LogP contribution in [0.15, 0.2) is 41.8 Å². The number of nitrogens with one attached hydrogen (secondary N) is 1. The van der Waals surface area contributed by atoms with Crippen molar-refractivity contribution in [1.82, 2.24) is 24.8 Å². The molecule has 0 bridgehead atoms. The molecule has 0 radical (unpaired) electrons. The number of amides is 1. The minimum absolute atomic E-state index is 0.299. The second kappa shape index (κ2) is 12.5. The van der Waals surface area contributed by atoms with Crippen LogP contribution in [0.5, 0.6) is 5.75 Å². The zero-order chi connectivity index (χ0) is 28.0. The molecule has 10 nitrogen and oxygen atoms in total. The van der Waals surface area contributed by atoms with Gasteiger partial charge >= 0.3 is 6.09 Å². The molecule has 3 aromatic rings. The Morgan fingerprint density at radius 1 is 1.26 bits per heavy atom. The molecule has 1 aliphatic heterocycles. The van der Waals surface area contributed by atoms with Crippen molar-refractivity contribution >= 4 is 24.1 Å². The van der Waals surface area contributed by atoms with Gasteiger partial charge in [0, 0.05) is 42.5 Å². The number of ether oxygens (including phenoxy) is 2. The predicted octanol–water partition coefficient (Wildman–Crippen LogP) is 4.28. The summed E-state index contributed by atoms with van der Waals surface area (Å²) < 4.78 is 13.1. The summed E-state index contributed by atoms with van der Waals surface area (Å²) in [7, 11) is 4.06. The first-order valence-electron chi connectivity index (χ1n) is 13.6. The van der Waals surface area contributed by atoms with Crippen molar-refractivity contribution in [3.63, 3.8) is 0 Å². The molecule has 0 saturated carbocycles. The van der Waals surface area contributed by atoms with Gasteiger partial charge in [-0.2, -0.15) is 5.10 Å². The van der Waals surface area contributed by atoms with Gasteiger partial charge in [0.15, 0.2) is 0 Å². The molecule has 0 aliphatic carbocycles. The van der Waals surface area contributed by atoms with E-state index in [-0.39, 0.29) is 11.6 Å². The molecule has 0 unspecified atom stereocenters. The maximum atomic E-state index is 12.5. The van der Waals surface area contributed by atoms with Crippen molar-refractivity contribution in [3.05, 3.63) is 42.4 Å².